The fraction of sp³-hybridized carbons (Fsp3) is 0.400. The van der Waals surface area contributed by atoms with Gasteiger partial charge in [0.05, 0.1) is 5.08 Å². The molecule has 0 aliphatic heterocycles. The normalized spacial score (nSPS) is 8.90. The molecule has 0 bridgehead atoms. The Labute approximate surface area is 80.1 Å². The zero-order chi connectivity index (χ0) is 7.98. The van der Waals surface area contributed by atoms with Gasteiger partial charge in [-0.15, -0.1) is 11.8 Å². The number of hydrogen-bond donors (Lipinski definition) is 0. The van der Waals surface area contributed by atoms with Gasteiger partial charge in [-0.05, 0) is 13.6 Å². The Balaban J connectivity index is 3.28. The van der Waals surface area contributed by atoms with Crippen LogP contribution in [0.2, 0.25) is 0 Å². The van der Waals surface area contributed by atoms with Gasteiger partial charge in [0.1, 0.15) is 0 Å². The van der Waals surface area contributed by atoms with E-state index in [1.807, 2.05) is 6.92 Å². The molecule has 0 aromatic carbocycles. The lowest BCUT2D eigenvalue weighted by molar-refractivity contribution is 1.91. The summed E-state index contributed by atoms with van der Waals surface area (Å²) in [6, 6.07) is 0. The quantitative estimate of drug-likeness (QED) is 0.394. The number of nitrogens with zero attached hydrogens (tertiary/aromatic N) is 1. The fourth-order valence-electron chi connectivity index (χ4n) is 0.208. The van der Waals surface area contributed by atoms with Crippen molar-refractivity contribution in [1.29, 1.82) is 0 Å². The molecule has 1 nitrogen and oxygen atoms in total. The van der Waals surface area contributed by atoms with Gasteiger partial charge in [0.2, 0.25) is 0 Å². The second-order valence-electron chi connectivity index (χ2n) is 1.32. The van der Waals surface area contributed by atoms with Crippen LogP contribution in [0.25, 0.3) is 0 Å². The summed E-state index contributed by atoms with van der Waals surface area (Å²) in [6.07, 6.45) is 0. The lowest BCUT2D eigenvalue weighted by Crippen LogP contribution is -1.83. The second-order valence-corrected chi connectivity index (χ2v) is 5.36. The van der Waals surface area contributed by atoms with Crippen LogP contribution in [0.5, 0.6) is 0 Å². The molecular weight excluding hydrogens is 202 g/mol. The molecule has 0 atom stereocenters. The van der Waals surface area contributed by atoms with Crippen molar-refractivity contribution in [1.82, 2.24) is 0 Å². The summed E-state index contributed by atoms with van der Waals surface area (Å²) in [6.45, 7) is 5.20. The van der Waals surface area contributed by atoms with E-state index in [2.05, 4.69) is 11.7 Å². The van der Waals surface area contributed by atoms with Gasteiger partial charge in [-0.25, -0.2) is 4.99 Å². The minimum absolute atomic E-state index is 0.587. The van der Waals surface area contributed by atoms with Gasteiger partial charge in [-0.1, -0.05) is 36.2 Å². The number of thiocarbonyl (C=S) groups is 2. The Morgan fingerprint density at radius 3 is 2.50 bits per heavy atom. The molecule has 0 heterocycles. The van der Waals surface area contributed by atoms with Crippen molar-refractivity contribution < 1.29 is 0 Å². The average Bonchev–Trinajstić information content (AvgIpc) is 1.87. The van der Waals surface area contributed by atoms with Crippen LogP contribution in [0.1, 0.15) is 6.92 Å². The first-order chi connectivity index (χ1) is 4.66. The number of aliphatic imine (C=N–C) groups is 1. The van der Waals surface area contributed by atoms with E-state index in [4.69, 9.17) is 24.4 Å². The third kappa shape index (κ3) is 6.67. The molecule has 0 fully saturated rings. The van der Waals surface area contributed by atoms with E-state index in [9.17, 15) is 0 Å². The Morgan fingerprint density at radius 1 is 1.50 bits per heavy atom. The topological polar surface area (TPSA) is 12.4 Å². The Bertz CT molecular complexity index is 154. The van der Waals surface area contributed by atoms with Gasteiger partial charge in [0, 0.05) is 4.20 Å². The summed E-state index contributed by atoms with van der Waals surface area (Å²) in [5.41, 5.74) is 0. The van der Waals surface area contributed by atoms with Crippen LogP contribution in [0.4, 0.5) is 0 Å². The first-order valence-corrected chi connectivity index (χ1v) is 5.22. The highest BCUT2D eigenvalue weighted by atomic mass is 32.2. The van der Waals surface area contributed by atoms with E-state index in [0.29, 0.717) is 4.32 Å². The van der Waals surface area contributed by atoms with Gasteiger partial charge in [0.25, 0.3) is 0 Å². The Hall–Kier alpha value is 0.550. The predicted octanol–water partition coefficient (Wildman–Crippen LogP) is 2.74. The van der Waals surface area contributed by atoms with Crippen molar-refractivity contribution in [3.63, 3.8) is 0 Å². The molecule has 0 aliphatic rings. The minimum Gasteiger partial charge on any atom is -0.246 e. The van der Waals surface area contributed by atoms with Gasteiger partial charge in [-0.2, -0.15) is 0 Å². The molecule has 0 unspecified atom stereocenters. The maximum atomic E-state index is 4.84. The van der Waals surface area contributed by atoms with E-state index < -0.39 is 0 Å². The van der Waals surface area contributed by atoms with Crippen molar-refractivity contribution in [2.45, 2.75) is 6.92 Å². The summed E-state index contributed by atoms with van der Waals surface area (Å²) >= 11 is 12.7. The fourth-order valence-corrected chi connectivity index (χ4v) is 2.47. The lowest BCUT2D eigenvalue weighted by Gasteiger charge is -1.95. The summed E-state index contributed by atoms with van der Waals surface area (Å²) in [5, 5.41) is 0.840. The van der Waals surface area contributed by atoms with Gasteiger partial charge in [0.15, 0.2) is 4.32 Å². The lowest BCUT2D eigenvalue weighted by atomic mass is 11.0. The van der Waals surface area contributed by atoms with E-state index in [1.54, 1.807) is 11.8 Å². The van der Waals surface area contributed by atoms with E-state index in [1.165, 1.54) is 11.8 Å². The van der Waals surface area contributed by atoms with Crippen molar-refractivity contribution in [3.8, 4) is 0 Å². The van der Waals surface area contributed by atoms with Gasteiger partial charge < -0.3 is 0 Å². The van der Waals surface area contributed by atoms with Crippen LogP contribution in [-0.2, 0) is 0 Å². The molecule has 5 heteroatoms. The summed E-state index contributed by atoms with van der Waals surface area (Å²) in [7, 11) is 0. The molecule has 0 saturated carbocycles. The minimum atomic E-state index is 0.587. The monoisotopic (exact) mass is 209 g/mol. The van der Waals surface area contributed by atoms with E-state index >= 15 is 0 Å². The maximum Gasteiger partial charge on any atom is 0.159 e. The smallest absolute Gasteiger partial charge is 0.159 e. The van der Waals surface area contributed by atoms with Crippen LogP contribution in [0.15, 0.2) is 4.99 Å². The zero-order valence-corrected chi connectivity index (χ0v) is 8.76. The molecule has 0 aromatic rings. The molecular formula is C5H7NS4. The highest BCUT2D eigenvalue weighted by Crippen LogP contribution is 2.15. The SMILES string of the molecule is C=NC(=S)SCSC(C)=S. The van der Waals surface area contributed by atoms with Crippen LogP contribution in [0.3, 0.4) is 0 Å². The number of rotatable bonds is 2. The van der Waals surface area contributed by atoms with Crippen molar-refractivity contribution in [2.24, 2.45) is 4.99 Å². The molecule has 0 saturated heterocycles. The molecule has 0 amide bonds. The van der Waals surface area contributed by atoms with Crippen LogP contribution in [-0.4, -0.2) is 20.3 Å². The molecule has 0 N–H and O–H groups in total. The highest BCUT2D eigenvalue weighted by Gasteiger charge is 1.93. The molecule has 10 heavy (non-hydrogen) atoms. The van der Waals surface area contributed by atoms with Crippen molar-refractivity contribution >= 4 is 63.2 Å². The van der Waals surface area contributed by atoms with Crippen molar-refractivity contribution in [3.05, 3.63) is 0 Å². The zero-order valence-electron chi connectivity index (χ0n) is 5.49. The Kier molecular flexibility index (Phi) is 6.62. The molecule has 0 spiro atoms. The largest absolute Gasteiger partial charge is 0.246 e. The number of thioether (sulfide) groups is 2. The van der Waals surface area contributed by atoms with Crippen molar-refractivity contribution in [2.75, 3.05) is 5.08 Å². The summed E-state index contributed by atoms with van der Waals surface area (Å²) < 4.78 is 1.52. The Morgan fingerprint density at radius 2 is 2.10 bits per heavy atom. The first-order valence-electron chi connectivity index (χ1n) is 2.43. The third-order valence-corrected chi connectivity index (χ3v) is 3.14. The van der Waals surface area contributed by atoms with Gasteiger partial charge in [-0.3, -0.25) is 0 Å². The predicted molar refractivity (Wildman–Crippen MR) is 60.5 cm³/mol. The van der Waals surface area contributed by atoms with E-state index in [-0.39, 0.29) is 0 Å². The van der Waals surface area contributed by atoms with Gasteiger partial charge >= 0.3 is 0 Å². The molecule has 0 rings (SSSR count). The highest BCUT2D eigenvalue weighted by molar-refractivity contribution is 8.35. The van der Waals surface area contributed by atoms with Crippen LogP contribution < -0.4 is 0 Å². The standard InChI is InChI=1S/C5H7NS4/c1-4(7)9-3-10-5(8)6-2/h2-3H2,1H3. The van der Waals surface area contributed by atoms with E-state index in [0.717, 1.165) is 9.28 Å². The van der Waals surface area contributed by atoms with Crippen LogP contribution >= 0.6 is 48.0 Å². The summed E-state index contributed by atoms with van der Waals surface area (Å²) in [4.78, 5) is 3.57. The second kappa shape index (κ2) is 6.27. The van der Waals surface area contributed by atoms with Crippen LogP contribution in [0, 0.1) is 0 Å². The maximum absolute atomic E-state index is 4.84. The first kappa shape index (κ1) is 10.6. The average molecular weight is 209 g/mol. The summed E-state index contributed by atoms with van der Waals surface area (Å²) in [5.74, 6) is 0. The molecule has 56 valence electrons. The third-order valence-electron chi connectivity index (χ3n) is 0.574. The number of hydrogen-bond acceptors (Lipinski definition) is 4. The molecule has 0 aliphatic carbocycles. The molecule has 0 aromatic heterocycles. The molecule has 0 radical (unpaired) electrons.